The van der Waals surface area contributed by atoms with Gasteiger partial charge in [0.25, 0.3) is 0 Å². The fourth-order valence-electron chi connectivity index (χ4n) is 2.72. The summed E-state index contributed by atoms with van der Waals surface area (Å²) in [5.41, 5.74) is 1.44. The van der Waals surface area contributed by atoms with Gasteiger partial charge in [-0.05, 0) is 62.8 Å². The molecule has 1 aliphatic rings. The molecule has 1 fully saturated rings. The highest BCUT2D eigenvalue weighted by atomic mass is 32.2. The second-order valence-electron chi connectivity index (χ2n) is 5.07. The topological polar surface area (TPSA) is 12.0 Å². The summed E-state index contributed by atoms with van der Waals surface area (Å²) in [7, 11) is 0. The molecule has 3 heteroatoms. The number of hydrogen-bond acceptors (Lipinski definition) is 3. The normalized spacial score (nSPS) is 27.0. The van der Waals surface area contributed by atoms with Crippen LogP contribution in [0.15, 0.2) is 11.4 Å². The van der Waals surface area contributed by atoms with Crippen molar-refractivity contribution in [3.05, 3.63) is 21.9 Å². The zero-order chi connectivity index (χ0) is 12.3. The van der Waals surface area contributed by atoms with Crippen LogP contribution in [-0.2, 0) is 0 Å². The van der Waals surface area contributed by atoms with E-state index in [-0.39, 0.29) is 0 Å². The molecule has 1 unspecified atom stereocenters. The highest BCUT2D eigenvalue weighted by Gasteiger charge is 2.22. The van der Waals surface area contributed by atoms with Crippen molar-refractivity contribution in [3.8, 4) is 0 Å². The van der Waals surface area contributed by atoms with Crippen LogP contribution in [0.3, 0.4) is 0 Å². The minimum Gasteiger partial charge on any atom is -0.307 e. The highest BCUT2D eigenvalue weighted by molar-refractivity contribution is 7.99. The minimum absolute atomic E-state index is 0.519. The molecule has 17 heavy (non-hydrogen) atoms. The van der Waals surface area contributed by atoms with E-state index in [1.807, 2.05) is 23.1 Å². The Balaban J connectivity index is 1.84. The molecule has 1 N–H and O–H groups in total. The first-order valence-corrected chi connectivity index (χ1v) is 8.70. The quantitative estimate of drug-likeness (QED) is 0.870. The highest BCUT2D eigenvalue weighted by Crippen LogP contribution is 2.29. The van der Waals surface area contributed by atoms with Gasteiger partial charge >= 0.3 is 0 Å². The summed E-state index contributed by atoms with van der Waals surface area (Å²) < 4.78 is 0. The first-order chi connectivity index (χ1) is 8.20. The number of aryl methyl sites for hydroxylation is 1. The van der Waals surface area contributed by atoms with E-state index in [0.717, 1.165) is 11.3 Å². The van der Waals surface area contributed by atoms with Gasteiger partial charge in [0.15, 0.2) is 0 Å². The summed E-state index contributed by atoms with van der Waals surface area (Å²) in [6, 6.07) is 3.48. The Morgan fingerprint density at radius 2 is 2.06 bits per heavy atom. The third-order valence-corrected chi connectivity index (χ3v) is 6.13. The molecule has 1 aliphatic carbocycles. The first-order valence-electron chi connectivity index (χ1n) is 6.53. The summed E-state index contributed by atoms with van der Waals surface area (Å²) in [4.78, 5) is 1.51. The van der Waals surface area contributed by atoms with Gasteiger partial charge in [-0.25, -0.2) is 0 Å². The lowest BCUT2D eigenvalue weighted by Crippen LogP contribution is -2.35. The van der Waals surface area contributed by atoms with Crippen LogP contribution in [0, 0.1) is 6.92 Å². The fraction of sp³-hybridized carbons (Fsp3) is 0.714. The van der Waals surface area contributed by atoms with Crippen LogP contribution in [-0.4, -0.2) is 17.5 Å². The molecule has 1 heterocycles. The van der Waals surface area contributed by atoms with Gasteiger partial charge in [-0.2, -0.15) is 11.8 Å². The van der Waals surface area contributed by atoms with Crippen LogP contribution in [0.4, 0.5) is 0 Å². The molecule has 1 atom stereocenters. The Morgan fingerprint density at radius 3 is 2.59 bits per heavy atom. The average Bonchev–Trinajstić information content (AvgIpc) is 2.76. The summed E-state index contributed by atoms with van der Waals surface area (Å²) in [6.07, 6.45) is 7.71. The average molecular weight is 269 g/mol. The molecule has 0 spiro atoms. The number of thioether (sulfide) groups is 1. The van der Waals surface area contributed by atoms with Crippen LogP contribution in [0.25, 0.3) is 0 Å². The molecule has 0 aliphatic heterocycles. The monoisotopic (exact) mass is 269 g/mol. The number of hydrogen-bond donors (Lipinski definition) is 1. The van der Waals surface area contributed by atoms with Gasteiger partial charge in [0.2, 0.25) is 0 Å². The van der Waals surface area contributed by atoms with Gasteiger partial charge < -0.3 is 5.32 Å². The van der Waals surface area contributed by atoms with Crippen molar-refractivity contribution in [2.24, 2.45) is 0 Å². The van der Waals surface area contributed by atoms with E-state index in [9.17, 15) is 0 Å². The van der Waals surface area contributed by atoms with Gasteiger partial charge in [0.1, 0.15) is 0 Å². The lowest BCUT2D eigenvalue weighted by atomic mass is 9.94. The summed E-state index contributed by atoms with van der Waals surface area (Å²) >= 11 is 3.93. The molecular formula is C14H23NS2. The van der Waals surface area contributed by atoms with Gasteiger partial charge in [-0.3, -0.25) is 0 Å². The number of rotatable bonds is 4. The predicted octanol–water partition coefficient (Wildman–Crippen LogP) is 4.38. The molecule has 96 valence electrons. The molecule has 2 rings (SSSR count). The summed E-state index contributed by atoms with van der Waals surface area (Å²) in [5, 5.41) is 6.92. The second-order valence-corrected chi connectivity index (χ2v) is 7.15. The van der Waals surface area contributed by atoms with Gasteiger partial charge in [0.05, 0.1) is 0 Å². The maximum Gasteiger partial charge on any atom is 0.0390 e. The third-order valence-electron chi connectivity index (χ3n) is 3.79. The smallest absolute Gasteiger partial charge is 0.0390 e. The molecule has 0 aromatic carbocycles. The maximum atomic E-state index is 3.81. The van der Waals surface area contributed by atoms with Gasteiger partial charge in [0, 0.05) is 22.2 Å². The molecule has 1 saturated carbocycles. The van der Waals surface area contributed by atoms with Gasteiger partial charge in [-0.1, -0.05) is 0 Å². The minimum atomic E-state index is 0.519. The summed E-state index contributed by atoms with van der Waals surface area (Å²) in [6.45, 7) is 4.52. The molecule has 1 nitrogen and oxygen atoms in total. The van der Waals surface area contributed by atoms with Crippen molar-refractivity contribution in [2.45, 2.75) is 56.9 Å². The molecule has 0 radical (unpaired) electrons. The molecule has 1 aromatic rings. The molecule has 0 bridgehead atoms. The van der Waals surface area contributed by atoms with E-state index in [2.05, 4.69) is 36.9 Å². The molecular weight excluding hydrogens is 246 g/mol. The van der Waals surface area contributed by atoms with Crippen molar-refractivity contribution in [1.29, 1.82) is 0 Å². The van der Waals surface area contributed by atoms with Crippen LogP contribution >= 0.6 is 23.1 Å². The summed E-state index contributed by atoms with van der Waals surface area (Å²) in [5.74, 6) is 0. The van der Waals surface area contributed by atoms with Crippen molar-refractivity contribution >= 4 is 23.1 Å². The Kier molecular flexibility index (Phi) is 4.95. The molecule has 1 aromatic heterocycles. The van der Waals surface area contributed by atoms with Crippen LogP contribution < -0.4 is 5.32 Å². The molecule has 0 saturated heterocycles. The number of nitrogens with one attached hydrogen (secondary N) is 1. The van der Waals surface area contributed by atoms with E-state index in [0.29, 0.717) is 6.04 Å². The van der Waals surface area contributed by atoms with E-state index >= 15 is 0 Å². The Morgan fingerprint density at radius 1 is 1.35 bits per heavy atom. The maximum absolute atomic E-state index is 3.81. The SMILES string of the molecule is CSC1CCC(NC(C)c2sccc2C)CC1. The van der Waals surface area contributed by atoms with Crippen molar-refractivity contribution < 1.29 is 0 Å². The van der Waals surface area contributed by atoms with Crippen molar-refractivity contribution in [3.63, 3.8) is 0 Å². The second kappa shape index (κ2) is 6.26. The Labute approximate surface area is 113 Å². The Bertz CT molecular complexity index is 340. The zero-order valence-electron chi connectivity index (χ0n) is 11.0. The van der Waals surface area contributed by atoms with E-state index in [4.69, 9.17) is 0 Å². The fourth-order valence-corrected chi connectivity index (χ4v) is 4.41. The first kappa shape index (κ1) is 13.4. The van der Waals surface area contributed by atoms with E-state index in [1.165, 1.54) is 36.1 Å². The molecule has 0 amide bonds. The third kappa shape index (κ3) is 3.49. The van der Waals surface area contributed by atoms with Crippen molar-refractivity contribution in [2.75, 3.05) is 6.26 Å². The van der Waals surface area contributed by atoms with Crippen molar-refractivity contribution in [1.82, 2.24) is 5.32 Å². The Hall–Kier alpha value is 0.0100. The standard InChI is InChI=1S/C14H23NS2/c1-10-8-9-17-14(10)11(2)15-12-4-6-13(16-3)7-5-12/h8-9,11-13,15H,4-7H2,1-3H3. The van der Waals surface area contributed by atoms with E-state index < -0.39 is 0 Å². The van der Waals surface area contributed by atoms with Gasteiger partial charge in [-0.15, -0.1) is 11.3 Å². The largest absolute Gasteiger partial charge is 0.307 e. The predicted molar refractivity (Wildman–Crippen MR) is 80.2 cm³/mol. The lowest BCUT2D eigenvalue weighted by Gasteiger charge is -2.30. The number of thiophene rings is 1. The van der Waals surface area contributed by atoms with Crippen LogP contribution in [0.1, 0.15) is 49.1 Å². The van der Waals surface area contributed by atoms with Crippen LogP contribution in [0.5, 0.6) is 0 Å². The lowest BCUT2D eigenvalue weighted by molar-refractivity contribution is 0.353. The van der Waals surface area contributed by atoms with Crippen LogP contribution in [0.2, 0.25) is 0 Å². The zero-order valence-corrected chi connectivity index (χ0v) is 12.7. The van der Waals surface area contributed by atoms with E-state index in [1.54, 1.807) is 0 Å².